The van der Waals surface area contributed by atoms with Crippen molar-refractivity contribution in [1.29, 1.82) is 0 Å². The second-order valence-electron chi connectivity index (χ2n) is 7.13. The molecule has 0 bridgehead atoms. The number of hydrogen-bond donors (Lipinski definition) is 1. The van der Waals surface area contributed by atoms with Crippen molar-refractivity contribution in [3.05, 3.63) is 69.6 Å². The van der Waals surface area contributed by atoms with E-state index in [9.17, 15) is 19.2 Å². The number of pyridine rings is 1. The Morgan fingerprint density at radius 1 is 0.862 bits per heavy atom. The lowest BCUT2D eigenvalue weighted by Gasteiger charge is -2.13. The predicted octanol–water partition coefficient (Wildman–Crippen LogP) is 2.13. The summed E-state index contributed by atoms with van der Waals surface area (Å²) in [6, 6.07) is 11.9. The van der Waals surface area contributed by atoms with E-state index in [1.54, 1.807) is 41.0 Å². The monoisotopic (exact) mass is 395 g/mol. The van der Waals surface area contributed by atoms with Crippen molar-refractivity contribution >= 4 is 17.7 Å². The minimum absolute atomic E-state index is 0.0119. The van der Waals surface area contributed by atoms with E-state index in [1.807, 2.05) is 13.0 Å². The van der Waals surface area contributed by atoms with Crippen LogP contribution in [-0.2, 0) is 11.3 Å². The van der Waals surface area contributed by atoms with E-state index < -0.39 is 0 Å². The number of rotatable bonds is 9. The van der Waals surface area contributed by atoms with Crippen molar-refractivity contribution < 1.29 is 14.4 Å². The smallest absolute Gasteiger partial charge is 0.261 e. The van der Waals surface area contributed by atoms with Gasteiger partial charge in [-0.2, -0.15) is 0 Å². The molecule has 29 heavy (non-hydrogen) atoms. The van der Waals surface area contributed by atoms with Gasteiger partial charge in [-0.15, -0.1) is 0 Å². The van der Waals surface area contributed by atoms with Gasteiger partial charge in [-0.3, -0.25) is 24.1 Å². The zero-order chi connectivity index (χ0) is 20.8. The number of nitrogens with zero attached hydrogens (tertiary/aromatic N) is 2. The maximum Gasteiger partial charge on any atom is 0.261 e. The van der Waals surface area contributed by atoms with Gasteiger partial charge in [-0.05, 0) is 44.4 Å². The van der Waals surface area contributed by atoms with Crippen LogP contribution in [0.3, 0.4) is 0 Å². The maximum atomic E-state index is 12.3. The highest BCUT2D eigenvalue weighted by atomic mass is 16.2. The van der Waals surface area contributed by atoms with Crippen LogP contribution in [0.15, 0.2) is 47.3 Å². The second kappa shape index (κ2) is 9.32. The third-order valence-electron chi connectivity index (χ3n) is 5.06. The largest absolute Gasteiger partial charge is 0.356 e. The topological polar surface area (TPSA) is 88.5 Å². The van der Waals surface area contributed by atoms with Gasteiger partial charge in [-0.25, -0.2) is 0 Å². The Hall–Kier alpha value is -3.22. The van der Waals surface area contributed by atoms with E-state index in [2.05, 4.69) is 5.32 Å². The molecule has 2 aromatic rings. The lowest BCUT2D eigenvalue weighted by atomic mass is 10.1. The molecular formula is C22H25N3O4. The van der Waals surface area contributed by atoms with Crippen LogP contribution in [-0.4, -0.2) is 40.3 Å². The van der Waals surface area contributed by atoms with Crippen LogP contribution in [0, 0.1) is 6.92 Å². The zero-order valence-electron chi connectivity index (χ0n) is 16.5. The molecule has 152 valence electrons. The summed E-state index contributed by atoms with van der Waals surface area (Å²) in [5, 5.41) is 2.85. The van der Waals surface area contributed by atoms with Crippen LogP contribution >= 0.6 is 0 Å². The average molecular weight is 395 g/mol. The molecule has 0 aliphatic carbocycles. The van der Waals surface area contributed by atoms with Gasteiger partial charge < -0.3 is 9.88 Å². The van der Waals surface area contributed by atoms with Crippen molar-refractivity contribution in [2.45, 2.75) is 39.2 Å². The van der Waals surface area contributed by atoms with Crippen molar-refractivity contribution in [3.8, 4) is 0 Å². The summed E-state index contributed by atoms with van der Waals surface area (Å²) in [5.74, 6) is -0.690. The summed E-state index contributed by atoms with van der Waals surface area (Å²) in [6.07, 6.45) is 2.24. The maximum absolute atomic E-state index is 12.3. The molecule has 1 aromatic heterocycles. The minimum atomic E-state index is -0.294. The third kappa shape index (κ3) is 4.80. The lowest BCUT2D eigenvalue weighted by Crippen LogP contribution is -2.32. The van der Waals surface area contributed by atoms with E-state index in [1.165, 1.54) is 4.90 Å². The molecule has 0 fully saturated rings. The SMILES string of the molecule is Cc1cccc(=O)n1CCCCNC(=O)CCCN1C(=O)c2ccccc2C1=O. The van der Waals surface area contributed by atoms with E-state index in [0.29, 0.717) is 30.6 Å². The van der Waals surface area contributed by atoms with Gasteiger partial charge >= 0.3 is 0 Å². The van der Waals surface area contributed by atoms with Crippen LogP contribution in [0.5, 0.6) is 0 Å². The first-order chi connectivity index (χ1) is 14.0. The molecule has 3 rings (SSSR count). The van der Waals surface area contributed by atoms with Gasteiger partial charge in [0.05, 0.1) is 11.1 Å². The number of amides is 3. The number of nitrogens with one attached hydrogen (secondary N) is 1. The van der Waals surface area contributed by atoms with Crippen molar-refractivity contribution in [2.24, 2.45) is 0 Å². The number of aryl methyl sites for hydroxylation is 1. The van der Waals surface area contributed by atoms with Crippen LogP contribution in [0.1, 0.15) is 52.1 Å². The number of fused-ring (bicyclic) bond motifs is 1. The third-order valence-corrected chi connectivity index (χ3v) is 5.06. The standard InChI is InChI=1S/C22H25N3O4/c1-16-8-6-12-20(27)24(16)14-5-4-13-23-19(26)11-7-15-25-21(28)17-9-2-3-10-18(17)22(25)29/h2-3,6,8-10,12H,4-5,7,11,13-15H2,1H3,(H,23,26). The zero-order valence-corrected chi connectivity index (χ0v) is 16.5. The van der Waals surface area contributed by atoms with Gasteiger partial charge in [0.1, 0.15) is 0 Å². The summed E-state index contributed by atoms with van der Waals surface area (Å²) in [6.45, 7) is 3.29. The van der Waals surface area contributed by atoms with E-state index >= 15 is 0 Å². The Kier molecular flexibility index (Phi) is 6.59. The van der Waals surface area contributed by atoms with Gasteiger partial charge in [0.15, 0.2) is 0 Å². The molecule has 0 atom stereocenters. The van der Waals surface area contributed by atoms with Gasteiger partial charge in [0, 0.05) is 37.8 Å². The summed E-state index contributed by atoms with van der Waals surface area (Å²) in [5.41, 5.74) is 1.77. The first kappa shape index (κ1) is 20.5. The molecule has 7 nitrogen and oxygen atoms in total. The highest BCUT2D eigenvalue weighted by Gasteiger charge is 2.34. The fraction of sp³-hybridized carbons (Fsp3) is 0.364. The molecule has 0 radical (unpaired) electrons. The molecule has 2 heterocycles. The van der Waals surface area contributed by atoms with E-state index in [4.69, 9.17) is 0 Å². The lowest BCUT2D eigenvalue weighted by molar-refractivity contribution is -0.121. The minimum Gasteiger partial charge on any atom is -0.356 e. The Labute approximate surface area is 169 Å². The normalized spacial score (nSPS) is 12.9. The Balaban J connectivity index is 1.33. The molecule has 0 saturated heterocycles. The van der Waals surface area contributed by atoms with Crippen LogP contribution in [0.2, 0.25) is 0 Å². The number of unbranched alkanes of at least 4 members (excludes halogenated alkanes) is 1. The molecular weight excluding hydrogens is 370 g/mol. The molecule has 1 N–H and O–H groups in total. The number of aromatic nitrogens is 1. The Bertz CT molecular complexity index is 945. The first-order valence-corrected chi connectivity index (χ1v) is 9.87. The molecule has 0 unspecified atom stereocenters. The summed E-state index contributed by atoms with van der Waals surface area (Å²) in [7, 11) is 0. The molecule has 3 amide bonds. The number of carbonyl (C=O) groups excluding carboxylic acids is 3. The molecule has 0 spiro atoms. The number of benzene rings is 1. The predicted molar refractivity (Wildman–Crippen MR) is 109 cm³/mol. The van der Waals surface area contributed by atoms with Crippen molar-refractivity contribution in [3.63, 3.8) is 0 Å². The van der Waals surface area contributed by atoms with Crippen LogP contribution in [0.25, 0.3) is 0 Å². The summed E-state index contributed by atoms with van der Waals surface area (Å²) >= 11 is 0. The van der Waals surface area contributed by atoms with Crippen LogP contribution in [0.4, 0.5) is 0 Å². The quantitative estimate of drug-likeness (QED) is 0.520. The number of hydrogen-bond acceptors (Lipinski definition) is 4. The molecule has 0 saturated carbocycles. The fourth-order valence-corrected chi connectivity index (χ4v) is 3.46. The summed E-state index contributed by atoms with van der Waals surface area (Å²) in [4.78, 5) is 49.5. The highest BCUT2D eigenvalue weighted by molar-refractivity contribution is 6.21. The second-order valence-corrected chi connectivity index (χ2v) is 7.13. The molecule has 1 aliphatic rings. The number of imide groups is 1. The van der Waals surface area contributed by atoms with Gasteiger partial charge in [-0.1, -0.05) is 18.2 Å². The van der Waals surface area contributed by atoms with Gasteiger partial charge in [0.2, 0.25) is 5.91 Å². The Morgan fingerprint density at radius 3 is 2.21 bits per heavy atom. The molecule has 1 aliphatic heterocycles. The van der Waals surface area contributed by atoms with Crippen molar-refractivity contribution in [1.82, 2.24) is 14.8 Å². The van der Waals surface area contributed by atoms with Gasteiger partial charge in [0.25, 0.3) is 17.4 Å². The summed E-state index contributed by atoms with van der Waals surface area (Å²) < 4.78 is 1.73. The van der Waals surface area contributed by atoms with Crippen molar-refractivity contribution in [2.75, 3.05) is 13.1 Å². The Morgan fingerprint density at radius 2 is 1.55 bits per heavy atom. The average Bonchev–Trinajstić information content (AvgIpc) is 2.95. The molecule has 7 heteroatoms. The molecule has 1 aromatic carbocycles. The van der Waals surface area contributed by atoms with E-state index in [-0.39, 0.29) is 36.2 Å². The fourth-order valence-electron chi connectivity index (χ4n) is 3.46. The van der Waals surface area contributed by atoms with Crippen LogP contribution < -0.4 is 10.9 Å². The first-order valence-electron chi connectivity index (χ1n) is 9.87. The highest BCUT2D eigenvalue weighted by Crippen LogP contribution is 2.22. The van der Waals surface area contributed by atoms with E-state index in [0.717, 1.165) is 18.5 Å². The number of carbonyl (C=O) groups is 3.